The van der Waals surface area contributed by atoms with Gasteiger partial charge in [-0.15, -0.1) is 0 Å². The number of nitrogens with one attached hydrogen (secondary N) is 2. The zero-order valence-electron chi connectivity index (χ0n) is 13.5. The third kappa shape index (κ3) is 4.20. The van der Waals surface area contributed by atoms with Crippen molar-refractivity contribution in [3.8, 4) is 11.5 Å². The van der Waals surface area contributed by atoms with Crippen LogP contribution in [0, 0.1) is 0 Å². The van der Waals surface area contributed by atoms with Crippen LogP contribution in [0.25, 0.3) is 0 Å². The van der Waals surface area contributed by atoms with E-state index >= 15 is 0 Å². The van der Waals surface area contributed by atoms with E-state index in [4.69, 9.17) is 15.2 Å². The van der Waals surface area contributed by atoms with Gasteiger partial charge in [-0.1, -0.05) is 24.3 Å². The number of primary amides is 1. The van der Waals surface area contributed by atoms with Gasteiger partial charge in [0.1, 0.15) is 12.7 Å². The summed E-state index contributed by atoms with van der Waals surface area (Å²) < 4.78 is 11.4. The standard InChI is InChI=1S/C18H19N3O4/c19-18(23)13-5-1-2-6-14(13)20-10-17(22)21-9-12-11-24-15-7-3-4-8-16(15)25-12/h1-8,12,20H,9-11H2,(H2,19,23)(H,21,22)/t12-/m0/s1. The van der Waals surface area contributed by atoms with Crippen molar-refractivity contribution in [2.24, 2.45) is 5.73 Å². The highest BCUT2D eigenvalue weighted by Crippen LogP contribution is 2.30. The van der Waals surface area contributed by atoms with Gasteiger partial charge in [0.05, 0.1) is 18.7 Å². The lowest BCUT2D eigenvalue weighted by Crippen LogP contribution is -2.42. The average molecular weight is 341 g/mol. The average Bonchev–Trinajstić information content (AvgIpc) is 2.64. The van der Waals surface area contributed by atoms with Crippen molar-refractivity contribution < 1.29 is 19.1 Å². The lowest BCUT2D eigenvalue weighted by atomic mass is 10.1. The molecule has 25 heavy (non-hydrogen) atoms. The number of fused-ring (bicyclic) bond motifs is 1. The van der Waals surface area contributed by atoms with Crippen LogP contribution in [0.4, 0.5) is 5.69 Å². The fourth-order valence-corrected chi connectivity index (χ4v) is 2.48. The first-order valence-corrected chi connectivity index (χ1v) is 7.91. The molecule has 130 valence electrons. The minimum absolute atomic E-state index is 0.0223. The molecule has 0 aliphatic carbocycles. The minimum atomic E-state index is -0.546. The van der Waals surface area contributed by atoms with Crippen LogP contribution in [-0.4, -0.2) is 37.6 Å². The Balaban J connectivity index is 1.47. The van der Waals surface area contributed by atoms with Crippen LogP contribution in [0.2, 0.25) is 0 Å². The Labute approximate surface area is 145 Å². The number of benzene rings is 2. The van der Waals surface area contributed by atoms with Crippen molar-refractivity contribution >= 4 is 17.5 Å². The topological polar surface area (TPSA) is 103 Å². The second-order valence-corrected chi connectivity index (χ2v) is 5.57. The predicted octanol–water partition coefficient (Wildman–Crippen LogP) is 1.15. The summed E-state index contributed by atoms with van der Waals surface area (Å²) in [6.07, 6.45) is -0.253. The van der Waals surface area contributed by atoms with Gasteiger partial charge < -0.3 is 25.8 Å². The SMILES string of the molecule is NC(=O)c1ccccc1NCC(=O)NC[C@H]1COc2ccccc2O1. The third-order valence-electron chi connectivity index (χ3n) is 3.73. The molecule has 7 nitrogen and oxygen atoms in total. The van der Waals surface area contributed by atoms with Crippen LogP contribution < -0.4 is 25.8 Å². The van der Waals surface area contributed by atoms with E-state index < -0.39 is 5.91 Å². The molecule has 1 heterocycles. The van der Waals surface area contributed by atoms with E-state index in [2.05, 4.69) is 10.6 Å². The fraction of sp³-hybridized carbons (Fsp3) is 0.222. The zero-order valence-corrected chi connectivity index (χ0v) is 13.5. The Bertz CT molecular complexity index is 778. The molecule has 0 bridgehead atoms. The molecule has 4 N–H and O–H groups in total. The first-order valence-electron chi connectivity index (χ1n) is 7.91. The summed E-state index contributed by atoms with van der Waals surface area (Å²) in [5.74, 6) is 0.605. The second kappa shape index (κ2) is 7.57. The molecular formula is C18H19N3O4. The summed E-state index contributed by atoms with van der Waals surface area (Å²) in [5, 5.41) is 5.69. The van der Waals surface area contributed by atoms with Crippen LogP contribution in [0.1, 0.15) is 10.4 Å². The van der Waals surface area contributed by atoms with Gasteiger partial charge in [-0.3, -0.25) is 9.59 Å². The first-order chi connectivity index (χ1) is 12.1. The normalized spacial score (nSPS) is 15.3. The number of carbonyl (C=O) groups is 2. The van der Waals surface area contributed by atoms with E-state index in [9.17, 15) is 9.59 Å². The molecule has 0 saturated carbocycles. The summed E-state index contributed by atoms with van der Waals surface area (Å²) >= 11 is 0. The highest BCUT2D eigenvalue weighted by molar-refractivity contribution is 5.98. The lowest BCUT2D eigenvalue weighted by molar-refractivity contribution is -0.119. The highest BCUT2D eigenvalue weighted by atomic mass is 16.6. The Morgan fingerprint density at radius 2 is 1.80 bits per heavy atom. The molecule has 2 amide bonds. The van der Waals surface area contributed by atoms with Crippen molar-refractivity contribution in [1.82, 2.24) is 5.32 Å². The van der Waals surface area contributed by atoms with Gasteiger partial charge in [0.15, 0.2) is 11.5 Å². The molecule has 0 unspecified atom stereocenters. The molecule has 2 aromatic rings. The van der Waals surface area contributed by atoms with E-state index in [1.54, 1.807) is 24.3 Å². The van der Waals surface area contributed by atoms with Crippen molar-refractivity contribution in [3.63, 3.8) is 0 Å². The first kappa shape index (κ1) is 16.6. The zero-order chi connectivity index (χ0) is 17.6. The maximum Gasteiger partial charge on any atom is 0.250 e. The Kier molecular flexibility index (Phi) is 5.03. The highest BCUT2D eigenvalue weighted by Gasteiger charge is 2.21. The Morgan fingerprint density at radius 3 is 2.60 bits per heavy atom. The van der Waals surface area contributed by atoms with Crippen LogP contribution in [0.3, 0.4) is 0 Å². The lowest BCUT2D eigenvalue weighted by Gasteiger charge is -2.26. The molecule has 0 saturated heterocycles. The number of hydrogen-bond acceptors (Lipinski definition) is 5. The van der Waals surface area contributed by atoms with Crippen LogP contribution in [0.5, 0.6) is 11.5 Å². The number of para-hydroxylation sites is 3. The minimum Gasteiger partial charge on any atom is -0.486 e. The van der Waals surface area contributed by atoms with Gasteiger partial charge in [0.25, 0.3) is 5.91 Å². The third-order valence-corrected chi connectivity index (χ3v) is 3.73. The molecule has 2 aromatic carbocycles. The molecule has 3 rings (SSSR count). The van der Waals surface area contributed by atoms with Crippen LogP contribution in [-0.2, 0) is 4.79 Å². The fourth-order valence-electron chi connectivity index (χ4n) is 2.48. The summed E-state index contributed by atoms with van der Waals surface area (Å²) in [5.41, 5.74) is 6.17. The van der Waals surface area contributed by atoms with Gasteiger partial charge in [-0.05, 0) is 24.3 Å². The number of nitrogens with two attached hydrogens (primary N) is 1. The van der Waals surface area contributed by atoms with Crippen LogP contribution in [0.15, 0.2) is 48.5 Å². The number of anilines is 1. The number of rotatable bonds is 6. The van der Waals surface area contributed by atoms with E-state index in [-0.39, 0.29) is 18.6 Å². The largest absolute Gasteiger partial charge is 0.486 e. The monoisotopic (exact) mass is 341 g/mol. The van der Waals surface area contributed by atoms with Crippen molar-refractivity contribution in [2.75, 3.05) is 25.0 Å². The van der Waals surface area contributed by atoms with Crippen LogP contribution >= 0.6 is 0 Å². The Morgan fingerprint density at radius 1 is 1.08 bits per heavy atom. The Hall–Kier alpha value is -3.22. The number of amides is 2. The molecule has 1 aliphatic heterocycles. The van der Waals surface area contributed by atoms with Gasteiger partial charge in [-0.25, -0.2) is 0 Å². The molecular weight excluding hydrogens is 322 g/mol. The van der Waals surface area contributed by atoms with Crippen molar-refractivity contribution in [1.29, 1.82) is 0 Å². The molecule has 7 heteroatoms. The summed E-state index contributed by atoms with van der Waals surface area (Å²) in [6, 6.07) is 14.2. The van der Waals surface area contributed by atoms with Crippen molar-refractivity contribution in [2.45, 2.75) is 6.10 Å². The summed E-state index contributed by atoms with van der Waals surface area (Å²) in [6.45, 7) is 0.718. The molecule has 0 spiro atoms. The predicted molar refractivity (Wildman–Crippen MR) is 92.8 cm³/mol. The van der Waals surface area contributed by atoms with Gasteiger partial charge >= 0.3 is 0 Å². The molecule has 0 aromatic heterocycles. The maximum absolute atomic E-state index is 12.0. The number of carbonyl (C=O) groups excluding carboxylic acids is 2. The summed E-state index contributed by atoms with van der Waals surface area (Å²) in [7, 11) is 0. The van der Waals surface area contributed by atoms with Gasteiger partial charge in [0, 0.05) is 5.69 Å². The van der Waals surface area contributed by atoms with Crippen molar-refractivity contribution in [3.05, 3.63) is 54.1 Å². The summed E-state index contributed by atoms with van der Waals surface area (Å²) in [4.78, 5) is 23.4. The molecule has 0 radical (unpaired) electrons. The van der Waals surface area contributed by atoms with Gasteiger partial charge in [-0.2, -0.15) is 0 Å². The maximum atomic E-state index is 12.0. The number of hydrogen-bond donors (Lipinski definition) is 3. The van der Waals surface area contributed by atoms with E-state index in [1.165, 1.54) is 0 Å². The molecule has 0 fully saturated rings. The molecule has 1 aliphatic rings. The van der Waals surface area contributed by atoms with Gasteiger partial charge in [0.2, 0.25) is 5.91 Å². The van der Waals surface area contributed by atoms with E-state index in [0.29, 0.717) is 35.9 Å². The molecule has 1 atom stereocenters. The smallest absolute Gasteiger partial charge is 0.250 e. The van der Waals surface area contributed by atoms with E-state index in [1.807, 2.05) is 24.3 Å². The second-order valence-electron chi connectivity index (χ2n) is 5.57. The van der Waals surface area contributed by atoms with E-state index in [0.717, 1.165) is 0 Å². The quantitative estimate of drug-likeness (QED) is 0.731. The number of ether oxygens (including phenoxy) is 2.